The van der Waals surface area contributed by atoms with Gasteiger partial charge in [-0.1, -0.05) is 119 Å². The Hall–Kier alpha value is -3.73. The van der Waals surface area contributed by atoms with Gasteiger partial charge in [0.15, 0.2) is 0 Å². The van der Waals surface area contributed by atoms with Crippen LogP contribution in [0.2, 0.25) is 19.6 Å². The summed E-state index contributed by atoms with van der Waals surface area (Å²) < 4.78 is 41.7. The molecule has 0 saturated carbocycles. The minimum Gasteiger partial charge on any atom is -0.305 e. The van der Waals surface area contributed by atoms with Crippen LogP contribution in [0.5, 0.6) is 0 Å². The number of rotatable bonds is 5. The molecule has 3 heterocycles. The Kier molecular flexibility index (Phi) is 9.01. The number of nitrogens with zero attached hydrogens (tertiary/aromatic N) is 2. The van der Waals surface area contributed by atoms with E-state index in [1.165, 1.54) is 37.9 Å². The monoisotopic (exact) mass is 844 g/mol. The summed E-state index contributed by atoms with van der Waals surface area (Å²) in [6.07, 6.45) is 2.16. The molecule has 245 valence electrons. The van der Waals surface area contributed by atoms with Crippen LogP contribution in [-0.2, 0) is 26.5 Å². The second-order valence-corrected chi connectivity index (χ2v) is 19.9. The summed E-state index contributed by atoms with van der Waals surface area (Å²) in [7, 11) is -1.34. The number of hydrogen-bond donors (Lipinski definition) is 0. The Labute approximate surface area is 311 Å². The fourth-order valence-electron chi connectivity index (χ4n) is 5.40. The smallest absolute Gasteiger partial charge is 0.0795 e. The zero-order valence-electron chi connectivity index (χ0n) is 33.1. The first-order valence-corrected chi connectivity index (χ1v) is 20.1. The average molecular weight is 844 g/mol. The molecule has 0 amide bonds. The van der Waals surface area contributed by atoms with Crippen molar-refractivity contribution in [2.75, 3.05) is 0 Å². The first-order valence-electron chi connectivity index (χ1n) is 18.3. The maximum absolute atomic E-state index is 8.67. The Morgan fingerprint density at radius 3 is 2.29 bits per heavy atom. The third kappa shape index (κ3) is 8.45. The van der Waals surface area contributed by atoms with Gasteiger partial charge in [-0.25, -0.2) is 0 Å². The van der Waals surface area contributed by atoms with Crippen LogP contribution in [0.25, 0.3) is 53.8 Å². The minimum atomic E-state index is -2.08. The molecule has 0 fully saturated rings. The van der Waals surface area contributed by atoms with E-state index in [1.807, 2.05) is 51.2 Å². The maximum atomic E-state index is 8.67. The summed E-state index contributed by atoms with van der Waals surface area (Å²) in [5.74, 6) is 0. The predicted octanol–water partition coefficient (Wildman–Crippen LogP) is 11.6. The fraction of sp³-hybridized carbons (Fsp3) is 0.209. The van der Waals surface area contributed by atoms with Crippen LogP contribution < -0.4 is 5.19 Å². The first kappa shape index (κ1) is 29.2. The normalized spacial score (nSPS) is 13.7. The standard InChI is InChI=1S/C28H24NS.C15H18NSi.Ir/c1-28(2,3)18-19-14-15-29-25(16-19)24-11-7-10-23-22-13-12-21(17-26(22)30-27(23)24)20-8-5-4-6-9-20;1-12-5-7-13(8-6-12)15-10-9-14(11-16-15)17(2,3)4;/h4-10,12-17H,18H2,1-3H3;5-7,9-11H,1-4H3;/q2*-1;/i18D2;1D3;. The van der Waals surface area contributed by atoms with Crippen molar-refractivity contribution in [1.29, 1.82) is 0 Å². The van der Waals surface area contributed by atoms with Gasteiger partial charge < -0.3 is 9.97 Å². The van der Waals surface area contributed by atoms with E-state index in [0.29, 0.717) is 11.1 Å². The largest absolute Gasteiger partial charge is 0.305 e. The van der Waals surface area contributed by atoms with E-state index in [2.05, 4.69) is 96.3 Å². The van der Waals surface area contributed by atoms with Crippen LogP contribution in [0.4, 0.5) is 0 Å². The molecule has 0 N–H and O–H groups in total. The second-order valence-electron chi connectivity index (χ2n) is 13.8. The van der Waals surface area contributed by atoms with Gasteiger partial charge in [-0.3, -0.25) is 0 Å². The molecule has 4 aromatic carbocycles. The van der Waals surface area contributed by atoms with Crippen LogP contribution in [0, 0.1) is 24.4 Å². The molecule has 0 aliphatic carbocycles. The van der Waals surface area contributed by atoms with Gasteiger partial charge in [0.2, 0.25) is 0 Å². The van der Waals surface area contributed by atoms with Gasteiger partial charge in [0, 0.05) is 44.1 Å². The van der Waals surface area contributed by atoms with Crippen LogP contribution in [-0.4, -0.2) is 18.0 Å². The van der Waals surface area contributed by atoms with E-state index in [0.717, 1.165) is 27.2 Å². The van der Waals surface area contributed by atoms with Crippen molar-refractivity contribution in [2.24, 2.45) is 5.41 Å². The Balaban J connectivity index is 0.000000223. The summed E-state index contributed by atoms with van der Waals surface area (Å²) in [4.78, 5) is 9.07. The van der Waals surface area contributed by atoms with Crippen LogP contribution >= 0.6 is 11.3 Å². The van der Waals surface area contributed by atoms with E-state index in [1.54, 1.807) is 35.7 Å². The van der Waals surface area contributed by atoms with Crippen LogP contribution in [0.1, 0.15) is 38.8 Å². The number of aromatic nitrogens is 2. The van der Waals surface area contributed by atoms with Crippen molar-refractivity contribution in [3.63, 3.8) is 0 Å². The van der Waals surface area contributed by atoms with E-state index in [4.69, 9.17) is 6.85 Å². The van der Waals surface area contributed by atoms with Gasteiger partial charge in [0.25, 0.3) is 0 Å². The van der Waals surface area contributed by atoms with E-state index >= 15 is 0 Å². The maximum Gasteiger partial charge on any atom is 0.0795 e. The van der Waals surface area contributed by atoms with Gasteiger partial charge in [-0.05, 0) is 61.7 Å². The molecule has 0 spiro atoms. The number of pyridine rings is 2. The van der Waals surface area contributed by atoms with Gasteiger partial charge in [-0.2, -0.15) is 11.3 Å². The molecule has 1 radical (unpaired) electrons. The van der Waals surface area contributed by atoms with Gasteiger partial charge in [0.1, 0.15) is 0 Å². The van der Waals surface area contributed by atoms with Gasteiger partial charge in [0.05, 0.1) is 8.07 Å². The van der Waals surface area contributed by atoms with Crippen molar-refractivity contribution in [3.8, 4) is 33.6 Å². The van der Waals surface area contributed by atoms with Crippen molar-refractivity contribution < 1.29 is 27.0 Å². The van der Waals surface area contributed by atoms with Gasteiger partial charge in [-0.15, -0.1) is 59.2 Å². The van der Waals surface area contributed by atoms with Gasteiger partial charge >= 0.3 is 0 Å². The van der Waals surface area contributed by atoms with Crippen molar-refractivity contribution in [3.05, 3.63) is 139 Å². The summed E-state index contributed by atoms with van der Waals surface area (Å²) in [6, 6.07) is 40.2. The zero-order chi connectivity index (χ0) is 37.5. The molecule has 0 aliphatic heterocycles. The predicted molar refractivity (Wildman–Crippen MR) is 206 cm³/mol. The Morgan fingerprint density at radius 2 is 1.62 bits per heavy atom. The molecule has 0 atom stereocenters. The SMILES string of the molecule is [2H]C([2H])([2H])c1c[c-]c(-c2ccc([Si](C)(C)C)cn2)cc1.[2H]C([2H])(c1ccnc(-c2[c-]ccc3c2sc2cc(-c4ccccc4)ccc23)c1)C(C)(C)C.[Ir]. The molecular weight excluding hydrogens is 797 g/mol. The number of benzene rings is 4. The molecule has 48 heavy (non-hydrogen) atoms. The number of hydrogen-bond acceptors (Lipinski definition) is 3. The number of aryl methyl sites for hydroxylation is 1. The van der Waals surface area contributed by atoms with Crippen LogP contribution in [0.3, 0.4) is 0 Å². The van der Waals surface area contributed by atoms with Crippen molar-refractivity contribution in [2.45, 2.75) is 53.6 Å². The minimum absolute atomic E-state index is 0. The number of thiophene rings is 1. The molecule has 0 bridgehead atoms. The summed E-state index contributed by atoms with van der Waals surface area (Å²) in [6.45, 7) is 10.5. The van der Waals surface area contributed by atoms with E-state index in [9.17, 15) is 0 Å². The van der Waals surface area contributed by atoms with Crippen molar-refractivity contribution in [1.82, 2.24) is 9.97 Å². The summed E-state index contributed by atoms with van der Waals surface area (Å²) in [5, 5.41) is 3.71. The molecule has 0 aliphatic rings. The fourth-order valence-corrected chi connectivity index (χ4v) is 7.68. The second kappa shape index (κ2) is 14.8. The first-order chi connectivity index (χ1) is 24.4. The Bertz CT molecular complexity index is 2270. The van der Waals surface area contributed by atoms with Crippen LogP contribution in [0.15, 0.2) is 116 Å². The third-order valence-corrected chi connectivity index (χ3v) is 11.0. The molecule has 7 rings (SSSR count). The third-order valence-electron chi connectivity index (χ3n) is 7.79. The Morgan fingerprint density at radius 1 is 0.812 bits per heavy atom. The molecule has 0 saturated heterocycles. The molecule has 2 nitrogen and oxygen atoms in total. The van der Waals surface area contributed by atoms with E-state index < -0.39 is 26.7 Å². The topological polar surface area (TPSA) is 25.8 Å². The molecule has 7 aromatic rings. The summed E-state index contributed by atoms with van der Waals surface area (Å²) >= 11 is 1.75. The molecule has 5 heteroatoms. The molecule has 0 unspecified atom stereocenters. The number of fused-ring (bicyclic) bond motifs is 3. The van der Waals surface area contributed by atoms with E-state index in [-0.39, 0.29) is 20.1 Å². The molecular formula is C43H42IrN2SSi-2. The average Bonchev–Trinajstić information content (AvgIpc) is 3.49. The molecule has 3 aromatic heterocycles. The zero-order valence-corrected chi connectivity index (χ0v) is 32.3. The van der Waals surface area contributed by atoms with Crippen molar-refractivity contribution >= 4 is 44.8 Å². The summed E-state index contributed by atoms with van der Waals surface area (Å²) in [5.41, 5.74) is 6.17. The quantitative estimate of drug-likeness (QED) is 0.127.